The van der Waals surface area contributed by atoms with Crippen molar-refractivity contribution >= 4 is 40.4 Å². The van der Waals surface area contributed by atoms with E-state index >= 15 is 0 Å². The van der Waals surface area contributed by atoms with Crippen LogP contribution in [0.25, 0.3) is 11.0 Å². The van der Waals surface area contributed by atoms with Gasteiger partial charge in [0.05, 0.1) is 11.0 Å². The number of H-pyrrole nitrogens is 1. The molecular weight excluding hydrogens is 588 g/mol. The topological polar surface area (TPSA) is 162 Å². The van der Waals surface area contributed by atoms with Gasteiger partial charge in [0, 0.05) is 62.3 Å². The predicted molar refractivity (Wildman–Crippen MR) is 173 cm³/mol. The van der Waals surface area contributed by atoms with Gasteiger partial charge in [0.15, 0.2) is 5.78 Å². The van der Waals surface area contributed by atoms with Crippen LogP contribution in [-0.2, 0) is 22.6 Å². The van der Waals surface area contributed by atoms with Gasteiger partial charge in [0.25, 0.3) is 11.8 Å². The molecule has 0 fully saturated rings. The molecular formula is C34H42N6O6. The van der Waals surface area contributed by atoms with Gasteiger partial charge in [-0.25, -0.2) is 4.79 Å². The molecule has 4 amide bonds. The Labute approximate surface area is 267 Å². The normalized spacial score (nSPS) is 19.6. The van der Waals surface area contributed by atoms with E-state index in [1.54, 1.807) is 45.9 Å². The lowest BCUT2D eigenvalue weighted by molar-refractivity contribution is -0.130. The molecule has 0 saturated carbocycles. The van der Waals surface area contributed by atoms with E-state index in [0.717, 1.165) is 5.56 Å². The van der Waals surface area contributed by atoms with Gasteiger partial charge in [0.2, 0.25) is 11.8 Å². The number of aromatic amines is 1. The molecule has 12 nitrogen and oxygen atoms in total. The molecule has 1 aliphatic carbocycles. The number of hydrogen-bond acceptors (Lipinski definition) is 6. The lowest BCUT2D eigenvalue weighted by Gasteiger charge is -2.25. The van der Waals surface area contributed by atoms with Gasteiger partial charge in [-0.2, -0.15) is 0 Å². The molecule has 2 bridgehead atoms. The number of hydrogen-bond donors (Lipinski definition) is 4. The van der Waals surface area contributed by atoms with E-state index in [-0.39, 0.29) is 47.4 Å². The van der Waals surface area contributed by atoms with E-state index in [2.05, 4.69) is 20.9 Å². The first-order valence-electron chi connectivity index (χ1n) is 16.2. The van der Waals surface area contributed by atoms with E-state index in [0.29, 0.717) is 99.0 Å². The minimum absolute atomic E-state index is 0.0284. The van der Waals surface area contributed by atoms with Crippen LogP contribution in [0, 0.1) is 5.92 Å². The van der Waals surface area contributed by atoms with Crippen LogP contribution in [0.15, 0.2) is 41.2 Å². The molecule has 2 heterocycles. The van der Waals surface area contributed by atoms with Crippen molar-refractivity contribution in [3.05, 3.63) is 69.1 Å². The predicted octanol–water partition coefficient (Wildman–Crippen LogP) is 2.55. The van der Waals surface area contributed by atoms with Crippen molar-refractivity contribution in [2.75, 3.05) is 26.2 Å². The smallest absolute Gasteiger partial charge is 0.326 e. The lowest BCUT2D eigenvalue weighted by Crippen LogP contribution is -2.50. The van der Waals surface area contributed by atoms with Crippen LogP contribution < -0.4 is 21.6 Å². The number of ketones is 1. The minimum Gasteiger partial charge on any atom is -0.354 e. The van der Waals surface area contributed by atoms with Crippen LogP contribution in [0.4, 0.5) is 0 Å². The molecule has 4 N–H and O–H groups in total. The molecule has 0 unspecified atom stereocenters. The molecule has 0 saturated heterocycles. The summed E-state index contributed by atoms with van der Waals surface area (Å²) in [5.74, 6) is -1.16. The first-order chi connectivity index (χ1) is 22.2. The largest absolute Gasteiger partial charge is 0.354 e. The number of imidazole rings is 1. The minimum atomic E-state index is -0.718. The third-order valence-electron chi connectivity index (χ3n) is 9.03. The standard InChI is InChI=1S/C34H42N6O6/c1-3-21(2)30-32(44)36-16-7-19-40-27-20-22(11-13-26(27)37-34(40)46)31(43)35-15-6-18-39(17-5-10-29(42)38-30)33(45)25-9-4-8-24-23(25)12-14-28(24)41/h4,8-9,11,13,20-21,30H,3,5-7,10,12,14-19H2,1-2H3,(H,35,43)(H,36,44)(H,37,46)(H,38,42)/t21-,30-/m0/s1. The highest BCUT2D eigenvalue weighted by atomic mass is 16.2. The Morgan fingerprint density at radius 3 is 2.48 bits per heavy atom. The fraction of sp³-hybridized carbons (Fsp3) is 0.471. The highest BCUT2D eigenvalue weighted by Crippen LogP contribution is 2.26. The summed E-state index contributed by atoms with van der Waals surface area (Å²) >= 11 is 0. The number of rotatable bonds is 3. The van der Waals surface area contributed by atoms with Crippen molar-refractivity contribution in [3.63, 3.8) is 0 Å². The van der Waals surface area contributed by atoms with Gasteiger partial charge in [-0.1, -0.05) is 32.4 Å². The number of amides is 4. The molecule has 3 aromatic rings. The summed E-state index contributed by atoms with van der Waals surface area (Å²) < 4.78 is 1.55. The molecule has 0 spiro atoms. The quantitative estimate of drug-likeness (QED) is 0.348. The Bertz CT molecular complexity index is 1710. The monoisotopic (exact) mass is 630 g/mol. The van der Waals surface area contributed by atoms with Crippen molar-refractivity contribution in [3.8, 4) is 0 Å². The molecule has 0 radical (unpaired) electrons. The first-order valence-corrected chi connectivity index (χ1v) is 16.2. The van der Waals surface area contributed by atoms with E-state index in [9.17, 15) is 28.8 Å². The van der Waals surface area contributed by atoms with Crippen molar-refractivity contribution in [1.29, 1.82) is 0 Å². The van der Waals surface area contributed by atoms with Crippen LogP contribution >= 0.6 is 0 Å². The lowest BCUT2D eigenvalue weighted by atomic mass is 9.98. The molecule has 5 rings (SSSR count). The number of aromatic nitrogens is 2. The summed E-state index contributed by atoms with van der Waals surface area (Å²) in [6.45, 7) is 5.41. The van der Waals surface area contributed by atoms with Crippen LogP contribution in [0.3, 0.4) is 0 Å². The van der Waals surface area contributed by atoms with Gasteiger partial charge >= 0.3 is 5.69 Å². The summed E-state index contributed by atoms with van der Waals surface area (Å²) in [4.78, 5) is 82.5. The third-order valence-corrected chi connectivity index (χ3v) is 9.03. The van der Waals surface area contributed by atoms with Crippen LogP contribution in [0.1, 0.15) is 89.0 Å². The van der Waals surface area contributed by atoms with Crippen molar-refractivity contribution in [2.45, 2.75) is 71.4 Å². The van der Waals surface area contributed by atoms with Gasteiger partial charge in [-0.3, -0.25) is 28.5 Å². The zero-order valence-corrected chi connectivity index (χ0v) is 26.4. The maximum Gasteiger partial charge on any atom is 0.326 e. The van der Waals surface area contributed by atoms with E-state index in [1.165, 1.54) is 0 Å². The highest BCUT2D eigenvalue weighted by molar-refractivity contribution is 6.05. The number of nitrogens with one attached hydrogen (secondary N) is 4. The number of aryl methyl sites for hydroxylation is 1. The number of carbonyl (C=O) groups excluding carboxylic acids is 5. The van der Waals surface area contributed by atoms with E-state index < -0.39 is 6.04 Å². The Kier molecular flexibility index (Phi) is 10.3. The number of fused-ring (bicyclic) bond motifs is 2. The summed E-state index contributed by atoms with van der Waals surface area (Å²) in [7, 11) is 0. The third kappa shape index (κ3) is 7.21. The van der Waals surface area contributed by atoms with Crippen molar-refractivity contribution in [2.24, 2.45) is 5.92 Å². The molecule has 2 aromatic carbocycles. The molecule has 1 aromatic heterocycles. The van der Waals surface area contributed by atoms with Crippen LogP contribution in [-0.4, -0.2) is 76.1 Å². The number of carbonyl (C=O) groups is 5. The van der Waals surface area contributed by atoms with E-state index in [4.69, 9.17) is 0 Å². The molecule has 12 heteroatoms. The van der Waals surface area contributed by atoms with Gasteiger partial charge in [-0.05, 0) is 61.4 Å². The van der Waals surface area contributed by atoms with Gasteiger partial charge < -0.3 is 25.8 Å². The Hall–Kier alpha value is -4.74. The Morgan fingerprint density at radius 1 is 0.913 bits per heavy atom. The molecule has 46 heavy (non-hydrogen) atoms. The summed E-state index contributed by atoms with van der Waals surface area (Å²) in [5.41, 5.74) is 3.12. The molecule has 244 valence electrons. The van der Waals surface area contributed by atoms with Crippen molar-refractivity contribution in [1.82, 2.24) is 30.4 Å². The Morgan fingerprint density at radius 2 is 1.67 bits per heavy atom. The second-order valence-electron chi connectivity index (χ2n) is 12.1. The second-order valence-corrected chi connectivity index (χ2v) is 12.1. The zero-order valence-electron chi connectivity index (χ0n) is 26.4. The average Bonchev–Trinajstić information content (AvgIpc) is 3.59. The fourth-order valence-electron chi connectivity index (χ4n) is 6.20. The summed E-state index contributed by atoms with van der Waals surface area (Å²) in [6, 6.07) is 9.51. The number of nitrogens with zero attached hydrogens (tertiary/aromatic N) is 2. The zero-order chi connectivity index (χ0) is 32.8. The van der Waals surface area contributed by atoms with Crippen LogP contribution in [0.2, 0.25) is 0 Å². The maximum absolute atomic E-state index is 13.8. The van der Waals surface area contributed by atoms with Crippen LogP contribution in [0.5, 0.6) is 0 Å². The molecule has 2 aliphatic rings. The fourth-order valence-corrected chi connectivity index (χ4v) is 6.20. The first kappa shape index (κ1) is 32.6. The molecule has 2 atom stereocenters. The van der Waals surface area contributed by atoms with E-state index in [1.807, 2.05) is 13.8 Å². The SMILES string of the molecule is CC[C@H](C)[C@@H]1NC(=O)CCCN(C(=O)c2cccc3c2CCC3=O)CCCNC(=O)c2ccc3[nH]c(=O)n(c3c2)CCCNC1=O. The van der Waals surface area contributed by atoms with Gasteiger partial charge in [-0.15, -0.1) is 0 Å². The second kappa shape index (κ2) is 14.6. The summed E-state index contributed by atoms with van der Waals surface area (Å²) in [6.07, 6.45) is 3.00. The van der Waals surface area contributed by atoms with Crippen molar-refractivity contribution < 1.29 is 24.0 Å². The number of benzene rings is 2. The molecule has 1 aliphatic heterocycles. The summed E-state index contributed by atoms with van der Waals surface area (Å²) in [5, 5.41) is 8.70. The highest BCUT2D eigenvalue weighted by Gasteiger charge is 2.28. The Balaban J connectivity index is 1.38. The maximum atomic E-state index is 13.8. The number of Topliss-reactive ketones (excluding diaryl/α,β-unsaturated/α-hetero) is 1. The average molecular weight is 631 g/mol. The van der Waals surface area contributed by atoms with Gasteiger partial charge in [0.1, 0.15) is 6.04 Å².